The standard InChI is InChI=1S/C7H14N/c1-7-5-3-4-6-8(7)2/h7H,1,3-6H2,2H3/t7-/m1/s1. The lowest BCUT2D eigenvalue weighted by Crippen LogP contribution is -2.33. The molecule has 1 aliphatic heterocycles. The lowest BCUT2D eigenvalue weighted by molar-refractivity contribution is 0.220. The summed E-state index contributed by atoms with van der Waals surface area (Å²) in [7, 11) is 2.15. The lowest BCUT2D eigenvalue weighted by atomic mass is 10.1. The first-order chi connectivity index (χ1) is 3.80. The molecule has 0 N–H and O–H groups in total. The van der Waals surface area contributed by atoms with Gasteiger partial charge in [-0.1, -0.05) is 6.42 Å². The Bertz CT molecular complexity index is 60.8. The summed E-state index contributed by atoms with van der Waals surface area (Å²) < 4.78 is 0. The van der Waals surface area contributed by atoms with Gasteiger partial charge in [-0.2, -0.15) is 0 Å². The van der Waals surface area contributed by atoms with Crippen molar-refractivity contribution in [2.45, 2.75) is 25.3 Å². The molecule has 0 aromatic rings. The van der Waals surface area contributed by atoms with Gasteiger partial charge in [-0.05, 0) is 33.4 Å². The van der Waals surface area contributed by atoms with Gasteiger partial charge in [0.05, 0.1) is 0 Å². The van der Waals surface area contributed by atoms with Crippen molar-refractivity contribution in [3.8, 4) is 0 Å². The van der Waals surface area contributed by atoms with E-state index in [1.807, 2.05) is 0 Å². The van der Waals surface area contributed by atoms with E-state index in [1.54, 1.807) is 0 Å². The second kappa shape index (κ2) is 2.49. The predicted octanol–water partition coefficient (Wildman–Crippen LogP) is 1.30. The van der Waals surface area contributed by atoms with Gasteiger partial charge in [-0.15, -0.1) is 0 Å². The third-order valence-corrected chi connectivity index (χ3v) is 1.92. The minimum absolute atomic E-state index is 0.587. The van der Waals surface area contributed by atoms with Crippen LogP contribution in [0.3, 0.4) is 0 Å². The highest BCUT2D eigenvalue weighted by atomic mass is 15.1. The van der Waals surface area contributed by atoms with Gasteiger partial charge in [-0.25, -0.2) is 0 Å². The van der Waals surface area contributed by atoms with Crippen LogP contribution < -0.4 is 0 Å². The summed E-state index contributed by atoms with van der Waals surface area (Å²) >= 11 is 0. The number of piperidine rings is 1. The average Bonchev–Trinajstić information content (AvgIpc) is 1.77. The zero-order chi connectivity index (χ0) is 5.98. The molecule has 0 aromatic heterocycles. The van der Waals surface area contributed by atoms with Crippen LogP contribution in [0.4, 0.5) is 0 Å². The Hall–Kier alpha value is -0.0400. The van der Waals surface area contributed by atoms with Crippen LogP contribution >= 0.6 is 0 Å². The second-order valence-corrected chi connectivity index (χ2v) is 2.63. The zero-order valence-corrected chi connectivity index (χ0v) is 5.56. The van der Waals surface area contributed by atoms with Crippen molar-refractivity contribution >= 4 is 0 Å². The van der Waals surface area contributed by atoms with Crippen LogP contribution in [0.15, 0.2) is 0 Å². The smallest absolute Gasteiger partial charge is 0.00927 e. The van der Waals surface area contributed by atoms with E-state index in [2.05, 4.69) is 18.9 Å². The van der Waals surface area contributed by atoms with E-state index in [9.17, 15) is 0 Å². The van der Waals surface area contributed by atoms with Crippen molar-refractivity contribution in [2.75, 3.05) is 13.6 Å². The third-order valence-electron chi connectivity index (χ3n) is 1.92. The summed E-state index contributed by atoms with van der Waals surface area (Å²) in [5.41, 5.74) is 0. The number of likely N-dealkylation sites (tertiary alicyclic amines) is 1. The number of nitrogens with zero attached hydrogens (tertiary/aromatic N) is 1. The number of hydrogen-bond acceptors (Lipinski definition) is 1. The van der Waals surface area contributed by atoms with E-state index in [-0.39, 0.29) is 0 Å². The number of hydrogen-bond donors (Lipinski definition) is 0. The molecule has 0 aromatic carbocycles. The van der Waals surface area contributed by atoms with Crippen molar-refractivity contribution in [3.05, 3.63) is 6.92 Å². The Kier molecular flexibility index (Phi) is 1.90. The van der Waals surface area contributed by atoms with Crippen molar-refractivity contribution in [2.24, 2.45) is 0 Å². The molecule has 1 heterocycles. The molecule has 1 rings (SSSR count). The normalized spacial score (nSPS) is 33.0. The first-order valence-electron chi connectivity index (χ1n) is 3.34. The zero-order valence-electron chi connectivity index (χ0n) is 5.56. The van der Waals surface area contributed by atoms with Crippen LogP contribution in [-0.4, -0.2) is 24.5 Å². The highest BCUT2D eigenvalue weighted by Crippen LogP contribution is 2.12. The monoisotopic (exact) mass is 112 g/mol. The fourth-order valence-electron chi connectivity index (χ4n) is 1.14. The molecular formula is C7H14N. The fraction of sp³-hybridized carbons (Fsp3) is 0.857. The third kappa shape index (κ3) is 1.22. The Labute approximate surface area is 51.7 Å². The molecule has 1 heteroatoms. The van der Waals surface area contributed by atoms with E-state index in [0.717, 1.165) is 0 Å². The van der Waals surface area contributed by atoms with E-state index >= 15 is 0 Å². The van der Waals surface area contributed by atoms with E-state index in [4.69, 9.17) is 0 Å². The van der Waals surface area contributed by atoms with Crippen LogP contribution in [0, 0.1) is 6.92 Å². The highest BCUT2D eigenvalue weighted by molar-refractivity contribution is 4.74. The SMILES string of the molecule is [CH2][C@@H]1CCCCN1C. The fourth-order valence-corrected chi connectivity index (χ4v) is 1.14. The van der Waals surface area contributed by atoms with Gasteiger partial charge in [0, 0.05) is 6.04 Å². The van der Waals surface area contributed by atoms with Crippen molar-refractivity contribution in [1.82, 2.24) is 4.90 Å². The molecule has 1 nitrogen and oxygen atoms in total. The summed E-state index contributed by atoms with van der Waals surface area (Å²) in [6.07, 6.45) is 4.03. The largest absolute Gasteiger partial charge is 0.303 e. The Morgan fingerprint density at radius 3 is 2.62 bits per heavy atom. The first kappa shape index (κ1) is 6.09. The molecule has 1 saturated heterocycles. The quantitative estimate of drug-likeness (QED) is 0.456. The first-order valence-corrected chi connectivity index (χ1v) is 3.34. The molecule has 1 atom stereocenters. The van der Waals surface area contributed by atoms with Crippen molar-refractivity contribution < 1.29 is 0 Å². The molecule has 47 valence electrons. The Morgan fingerprint density at radius 1 is 1.50 bits per heavy atom. The van der Waals surface area contributed by atoms with E-state index < -0.39 is 0 Å². The average molecular weight is 112 g/mol. The van der Waals surface area contributed by atoms with Crippen molar-refractivity contribution in [3.63, 3.8) is 0 Å². The minimum Gasteiger partial charge on any atom is -0.303 e. The van der Waals surface area contributed by atoms with Gasteiger partial charge in [0.2, 0.25) is 0 Å². The molecular weight excluding hydrogens is 98.1 g/mol. The predicted molar refractivity (Wildman–Crippen MR) is 35.6 cm³/mol. The summed E-state index contributed by atoms with van der Waals surface area (Å²) in [4.78, 5) is 2.32. The van der Waals surface area contributed by atoms with E-state index in [0.29, 0.717) is 6.04 Å². The van der Waals surface area contributed by atoms with Crippen LogP contribution in [0.25, 0.3) is 0 Å². The van der Waals surface area contributed by atoms with E-state index in [1.165, 1.54) is 25.8 Å². The molecule has 1 aliphatic rings. The summed E-state index contributed by atoms with van der Waals surface area (Å²) in [6, 6.07) is 0.587. The Morgan fingerprint density at radius 2 is 2.25 bits per heavy atom. The molecule has 0 amide bonds. The molecule has 1 fully saturated rings. The molecule has 0 saturated carbocycles. The summed E-state index contributed by atoms with van der Waals surface area (Å²) in [5.74, 6) is 0. The maximum Gasteiger partial charge on any atom is 0.00927 e. The molecule has 0 bridgehead atoms. The number of rotatable bonds is 0. The van der Waals surface area contributed by atoms with Crippen molar-refractivity contribution in [1.29, 1.82) is 0 Å². The maximum absolute atomic E-state index is 4.00. The minimum atomic E-state index is 0.587. The molecule has 1 radical (unpaired) electrons. The van der Waals surface area contributed by atoms with Gasteiger partial charge in [0.1, 0.15) is 0 Å². The second-order valence-electron chi connectivity index (χ2n) is 2.63. The van der Waals surface area contributed by atoms with Crippen LogP contribution in [0.2, 0.25) is 0 Å². The van der Waals surface area contributed by atoms with Gasteiger partial charge in [0.15, 0.2) is 0 Å². The highest BCUT2D eigenvalue weighted by Gasteiger charge is 2.12. The van der Waals surface area contributed by atoms with Crippen LogP contribution in [0.5, 0.6) is 0 Å². The van der Waals surface area contributed by atoms with Crippen LogP contribution in [0.1, 0.15) is 19.3 Å². The maximum atomic E-state index is 4.00. The van der Waals surface area contributed by atoms with Gasteiger partial charge in [-0.3, -0.25) is 0 Å². The summed E-state index contributed by atoms with van der Waals surface area (Å²) in [6.45, 7) is 5.25. The molecule has 0 spiro atoms. The lowest BCUT2D eigenvalue weighted by Gasteiger charge is -2.28. The Balaban J connectivity index is 2.28. The summed E-state index contributed by atoms with van der Waals surface area (Å²) in [5, 5.41) is 0. The van der Waals surface area contributed by atoms with Gasteiger partial charge in [0.25, 0.3) is 0 Å². The van der Waals surface area contributed by atoms with Gasteiger partial charge >= 0.3 is 0 Å². The molecule has 0 aliphatic carbocycles. The molecule has 8 heavy (non-hydrogen) atoms. The van der Waals surface area contributed by atoms with Crippen LogP contribution in [-0.2, 0) is 0 Å². The molecule has 0 unspecified atom stereocenters. The topological polar surface area (TPSA) is 3.24 Å². The van der Waals surface area contributed by atoms with Gasteiger partial charge < -0.3 is 4.90 Å².